The summed E-state index contributed by atoms with van der Waals surface area (Å²) in [5, 5.41) is 0.334. The molecule has 0 radical (unpaired) electrons. The fourth-order valence-electron chi connectivity index (χ4n) is 1.69. The summed E-state index contributed by atoms with van der Waals surface area (Å²) in [5.41, 5.74) is 2.19. The molecule has 5 heteroatoms. The van der Waals surface area contributed by atoms with E-state index in [-0.39, 0.29) is 17.0 Å². The number of hydrogen-bond donors (Lipinski definition) is 0. The van der Waals surface area contributed by atoms with Crippen molar-refractivity contribution in [2.45, 2.75) is 10.1 Å². The van der Waals surface area contributed by atoms with E-state index >= 15 is 0 Å². The van der Waals surface area contributed by atoms with Gasteiger partial charge in [0.2, 0.25) is 0 Å². The van der Waals surface area contributed by atoms with Gasteiger partial charge in [-0.2, -0.15) is 0 Å². The summed E-state index contributed by atoms with van der Waals surface area (Å²) in [6.07, 6.45) is 6.31. The summed E-state index contributed by atoms with van der Waals surface area (Å²) in [6, 6.07) is 6.21. The van der Waals surface area contributed by atoms with E-state index in [4.69, 9.17) is 0 Å². The van der Waals surface area contributed by atoms with E-state index in [0.717, 1.165) is 20.4 Å². The maximum atomic E-state index is 4.67. The molecule has 1 atom stereocenters. The lowest BCUT2D eigenvalue weighted by Gasteiger charge is -2.22. The minimum Gasteiger partial charge on any atom is -1.00 e. The minimum absolute atomic E-state index is 0. The van der Waals surface area contributed by atoms with Gasteiger partial charge < -0.3 is 17.0 Å². The van der Waals surface area contributed by atoms with Crippen LogP contribution >= 0.6 is 43.6 Å². The first-order valence-electron chi connectivity index (χ1n) is 4.82. The monoisotopic (exact) mass is 434 g/mol. The Labute approximate surface area is 131 Å². The standard InChI is InChI=1S/C12H7Br2NS.BrH/c13-7-1-3-9-11(5-7)16-12-6-8(14)2-4-10(12)15-9;/h1-6,11H;1H/p-1. The van der Waals surface area contributed by atoms with Crippen LogP contribution in [0.3, 0.4) is 0 Å². The van der Waals surface area contributed by atoms with Crippen LogP contribution in [0.1, 0.15) is 0 Å². The van der Waals surface area contributed by atoms with Crippen LogP contribution in [0.4, 0.5) is 5.69 Å². The Morgan fingerprint density at radius 2 is 2.00 bits per heavy atom. The fourth-order valence-corrected chi connectivity index (χ4v) is 3.95. The zero-order valence-corrected chi connectivity index (χ0v) is 14.1. The van der Waals surface area contributed by atoms with Gasteiger partial charge in [-0.1, -0.05) is 37.9 Å². The number of fused-ring (bicyclic) bond motifs is 2. The van der Waals surface area contributed by atoms with Crippen molar-refractivity contribution in [1.29, 1.82) is 0 Å². The molecule has 3 rings (SSSR count). The van der Waals surface area contributed by atoms with E-state index in [2.05, 4.69) is 61.1 Å². The summed E-state index contributed by atoms with van der Waals surface area (Å²) in [4.78, 5) is 5.90. The summed E-state index contributed by atoms with van der Waals surface area (Å²) in [7, 11) is 0. The second-order valence-corrected chi connectivity index (χ2v) is 6.59. The molecule has 0 saturated carbocycles. The van der Waals surface area contributed by atoms with Crippen LogP contribution in [0.5, 0.6) is 0 Å². The van der Waals surface area contributed by atoms with Crippen LogP contribution in [-0.2, 0) is 0 Å². The molecule has 1 aliphatic heterocycles. The lowest BCUT2D eigenvalue weighted by molar-refractivity contribution is -0.00000283. The van der Waals surface area contributed by atoms with Crippen LogP contribution in [-0.4, -0.2) is 11.0 Å². The summed E-state index contributed by atoms with van der Waals surface area (Å²) >= 11 is 8.83. The zero-order valence-electron chi connectivity index (χ0n) is 8.53. The minimum atomic E-state index is 0. The Morgan fingerprint density at radius 3 is 2.82 bits per heavy atom. The van der Waals surface area contributed by atoms with Crippen LogP contribution in [0, 0.1) is 0 Å². The Bertz CT molecular complexity index is 549. The van der Waals surface area contributed by atoms with Gasteiger partial charge in [-0.3, -0.25) is 4.99 Å². The number of aliphatic imine (C=N–C) groups is 1. The number of nitrogens with zero attached hydrogens (tertiary/aromatic N) is 1. The van der Waals surface area contributed by atoms with Gasteiger partial charge in [0.15, 0.2) is 0 Å². The summed E-state index contributed by atoms with van der Waals surface area (Å²) < 4.78 is 2.23. The summed E-state index contributed by atoms with van der Waals surface area (Å²) in [5.74, 6) is 0. The van der Waals surface area contributed by atoms with Gasteiger partial charge in [-0.25, -0.2) is 0 Å². The molecule has 0 N–H and O–H groups in total. The molecule has 1 aromatic rings. The quantitative estimate of drug-likeness (QED) is 0.604. The second kappa shape index (κ2) is 5.43. The largest absolute Gasteiger partial charge is 1.00 e. The third-order valence-corrected chi connectivity index (χ3v) is 4.68. The Morgan fingerprint density at radius 1 is 1.18 bits per heavy atom. The Hall–Kier alpha value is 0.160. The van der Waals surface area contributed by atoms with Crippen LogP contribution < -0.4 is 17.0 Å². The average Bonchev–Trinajstić information content (AvgIpc) is 2.26. The average molecular weight is 437 g/mol. The SMILES string of the molecule is BrC1=CC2Sc3cc(Br)ccc3N=C2C=C1.[Br-]. The van der Waals surface area contributed by atoms with Crippen molar-refractivity contribution >= 4 is 55.0 Å². The molecule has 1 nitrogen and oxygen atoms in total. The summed E-state index contributed by atoms with van der Waals surface area (Å²) in [6.45, 7) is 0. The number of hydrogen-bond acceptors (Lipinski definition) is 2. The molecule has 0 bridgehead atoms. The zero-order chi connectivity index (χ0) is 11.1. The van der Waals surface area contributed by atoms with E-state index in [0.29, 0.717) is 5.25 Å². The topological polar surface area (TPSA) is 12.4 Å². The Kier molecular flexibility index (Phi) is 4.34. The van der Waals surface area contributed by atoms with Crippen molar-refractivity contribution in [3.63, 3.8) is 0 Å². The molecule has 1 aliphatic carbocycles. The van der Waals surface area contributed by atoms with Crippen LogP contribution in [0.15, 0.2) is 55.3 Å². The van der Waals surface area contributed by atoms with Crippen molar-refractivity contribution in [2.75, 3.05) is 0 Å². The smallest absolute Gasteiger partial charge is 0.0770 e. The highest BCUT2D eigenvalue weighted by Gasteiger charge is 2.22. The third kappa shape index (κ3) is 2.78. The molecule has 2 aliphatic rings. The molecule has 1 aromatic carbocycles. The van der Waals surface area contributed by atoms with E-state index in [9.17, 15) is 0 Å². The number of benzene rings is 1. The molecular formula is C12H7Br3NS-. The first kappa shape index (κ1) is 13.6. The van der Waals surface area contributed by atoms with E-state index < -0.39 is 0 Å². The first-order valence-corrected chi connectivity index (χ1v) is 7.29. The van der Waals surface area contributed by atoms with Gasteiger partial charge in [0.05, 0.1) is 16.6 Å². The van der Waals surface area contributed by atoms with Crippen molar-refractivity contribution < 1.29 is 17.0 Å². The molecule has 1 unspecified atom stereocenters. The third-order valence-electron chi connectivity index (χ3n) is 2.44. The molecule has 17 heavy (non-hydrogen) atoms. The van der Waals surface area contributed by atoms with Crippen LogP contribution in [0.25, 0.3) is 0 Å². The number of halogens is 3. The number of allylic oxidation sites excluding steroid dienone is 3. The molecule has 88 valence electrons. The van der Waals surface area contributed by atoms with Crippen molar-refractivity contribution in [3.8, 4) is 0 Å². The molecule has 0 saturated heterocycles. The number of thioether (sulfide) groups is 1. The van der Waals surface area contributed by atoms with Crippen LogP contribution in [0.2, 0.25) is 0 Å². The van der Waals surface area contributed by atoms with Crippen molar-refractivity contribution in [1.82, 2.24) is 0 Å². The van der Waals surface area contributed by atoms with E-state index in [1.165, 1.54) is 4.90 Å². The molecule has 0 aromatic heterocycles. The maximum Gasteiger partial charge on any atom is 0.0770 e. The van der Waals surface area contributed by atoms with Gasteiger partial charge in [0.1, 0.15) is 0 Å². The lowest BCUT2D eigenvalue weighted by Crippen LogP contribution is -3.00. The molecule has 0 fully saturated rings. The highest BCUT2D eigenvalue weighted by atomic mass is 79.9. The predicted octanol–water partition coefficient (Wildman–Crippen LogP) is 1.85. The maximum absolute atomic E-state index is 4.67. The van der Waals surface area contributed by atoms with Gasteiger partial charge in [0.25, 0.3) is 0 Å². The highest BCUT2D eigenvalue weighted by Crippen LogP contribution is 2.41. The van der Waals surface area contributed by atoms with E-state index in [1.807, 2.05) is 23.9 Å². The first-order chi connectivity index (χ1) is 7.72. The van der Waals surface area contributed by atoms with Gasteiger partial charge in [-0.05, 0) is 30.4 Å². The lowest BCUT2D eigenvalue weighted by atomic mass is 10.1. The van der Waals surface area contributed by atoms with E-state index in [1.54, 1.807) is 0 Å². The molecule has 0 spiro atoms. The fraction of sp³-hybridized carbons (Fsp3) is 0.0833. The van der Waals surface area contributed by atoms with Crippen molar-refractivity contribution in [2.24, 2.45) is 4.99 Å². The molecule has 0 amide bonds. The predicted molar refractivity (Wildman–Crippen MR) is 77.0 cm³/mol. The van der Waals surface area contributed by atoms with Gasteiger partial charge in [0, 0.05) is 13.9 Å². The normalized spacial score (nSPS) is 20.7. The Balaban J connectivity index is 0.00000108. The molecule has 1 heterocycles. The van der Waals surface area contributed by atoms with Gasteiger partial charge in [-0.15, -0.1) is 11.8 Å². The van der Waals surface area contributed by atoms with Gasteiger partial charge >= 0.3 is 0 Å². The second-order valence-electron chi connectivity index (χ2n) is 3.57. The number of rotatable bonds is 0. The molecular weight excluding hydrogens is 430 g/mol. The highest BCUT2D eigenvalue weighted by molar-refractivity contribution is 9.12. The van der Waals surface area contributed by atoms with Crippen molar-refractivity contribution in [3.05, 3.63) is 45.4 Å².